The van der Waals surface area contributed by atoms with Gasteiger partial charge in [-0.15, -0.1) is 0 Å². The molecule has 5 heteroatoms. The first kappa shape index (κ1) is 15.9. The molecule has 1 N–H and O–H groups in total. The van der Waals surface area contributed by atoms with E-state index in [1.807, 2.05) is 0 Å². The zero-order valence-corrected chi connectivity index (χ0v) is 12.0. The predicted octanol–water partition coefficient (Wildman–Crippen LogP) is 3.00. The van der Waals surface area contributed by atoms with E-state index in [4.69, 9.17) is 0 Å². The molecule has 1 aromatic rings. The van der Waals surface area contributed by atoms with E-state index in [9.17, 15) is 14.0 Å². The number of rotatable bonds is 3. The highest BCUT2D eigenvalue weighted by atomic mass is 19.1. The van der Waals surface area contributed by atoms with E-state index in [1.165, 1.54) is 31.4 Å². The molecule has 0 aliphatic carbocycles. The molecular weight excluding hydrogens is 261 g/mol. The second-order valence-corrected chi connectivity index (χ2v) is 5.26. The zero-order chi connectivity index (χ0) is 15.3. The van der Waals surface area contributed by atoms with Crippen LogP contribution in [0.2, 0.25) is 0 Å². The van der Waals surface area contributed by atoms with E-state index < -0.39 is 17.2 Å². The van der Waals surface area contributed by atoms with Crippen molar-refractivity contribution in [2.24, 2.45) is 5.41 Å². The number of nitrogens with one attached hydrogen (secondary N) is 1. The van der Waals surface area contributed by atoms with E-state index in [0.717, 1.165) is 0 Å². The van der Waals surface area contributed by atoms with Gasteiger partial charge in [-0.25, -0.2) is 9.18 Å². The minimum absolute atomic E-state index is 0.0487. The van der Waals surface area contributed by atoms with E-state index in [0.29, 0.717) is 5.56 Å². The molecule has 0 aliphatic heterocycles. The van der Waals surface area contributed by atoms with Gasteiger partial charge in [0, 0.05) is 17.1 Å². The topological polar surface area (TPSA) is 55.4 Å². The highest BCUT2D eigenvalue weighted by Crippen LogP contribution is 2.24. The molecule has 0 unspecified atom stereocenters. The number of para-hydroxylation sites is 1. The van der Waals surface area contributed by atoms with Gasteiger partial charge in [-0.05, 0) is 12.1 Å². The maximum absolute atomic E-state index is 13.8. The fraction of sp³-hybridized carbons (Fsp3) is 0.333. The smallest absolute Gasteiger partial charge is 0.330 e. The number of benzene rings is 1. The lowest BCUT2D eigenvalue weighted by atomic mass is 9.95. The number of hydrogen-bond donors (Lipinski definition) is 1. The van der Waals surface area contributed by atoms with Crippen molar-refractivity contribution in [2.75, 3.05) is 12.4 Å². The van der Waals surface area contributed by atoms with Gasteiger partial charge in [-0.2, -0.15) is 0 Å². The molecule has 0 bridgehead atoms. The second-order valence-electron chi connectivity index (χ2n) is 5.26. The van der Waals surface area contributed by atoms with Crippen LogP contribution in [0, 0.1) is 11.2 Å². The molecule has 0 aromatic heterocycles. The number of ether oxygens (including phenoxy) is 1. The average Bonchev–Trinajstić information content (AvgIpc) is 2.37. The Morgan fingerprint density at radius 1 is 1.30 bits per heavy atom. The third-order valence-electron chi connectivity index (χ3n) is 2.57. The molecule has 4 nitrogen and oxygen atoms in total. The highest BCUT2D eigenvalue weighted by molar-refractivity contribution is 5.97. The van der Waals surface area contributed by atoms with E-state index in [-0.39, 0.29) is 11.6 Å². The Labute approximate surface area is 117 Å². The zero-order valence-electron chi connectivity index (χ0n) is 12.0. The van der Waals surface area contributed by atoms with Gasteiger partial charge >= 0.3 is 5.97 Å². The van der Waals surface area contributed by atoms with Crippen LogP contribution < -0.4 is 5.32 Å². The molecular formula is C15H18FNO3. The third kappa shape index (κ3) is 4.19. The summed E-state index contributed by atoms with van der Waals surface area (Å²) >= 11 is 0. The van der Waals surface area contributed by atoms with Crippen molar-refractivity contribution in [3.05, 3.63) is 35.7 Å². The van der Waals surface area contributed by atoms with Crippen molar-refractivity contribution < 1.29 is 18.7 Å². The first-order chi connectivity index (χ1) is 9.25. The van der Waals surface area contributed by atoms with Gasteiger partial charge in [0.05, 0.1) is 12.8 Å². The summed E-state index contributed by atoms with van der Waals surface area (Å²) in [6, 6.07) is 4.34. The van der Waals surface area contributed by atoms with Gasteiger partial charge in [0.25, 0.3) is 0 Å². The lowest BCUT2D eigenvalue weighted by Crippen LogP contribution is -2.28. The Hall–Kier alpha value is -2.17. The summed E-state index contributed by atoms with van der Waals surface area (Å²) < 4.78 is 18.3. The third-order valence-corrected chi connectivity index (χ3v) is 2.57. The van der Waals surface area contributed by atoms with Crippen LogP contribution in [0.1, 0.15) is 26.3 Å². The minimum atomic E-state index is -0.647. The fourth-order valence-electron chi connectivity index (χ4n) is 1.34. The molecule has 0 fully saturated rings. The molecule has 0 spiro atoms. The highest BCUT2D eigenvalue weighted by Gasteiger charge is 2.23. The Bertz CT molecular complexity index is 545. The number of amides is 1. The summed E-state index contributed by atoms with van der Waals surface area (Å²) in [5, 5.41) is 2.54. The number of halogens is 1. The van der Waals surface area contributed by atoms with Crippen LogP contribution in [0.5, 0.6) is 0 Å². The van der Waals surface area contributed by atoms with Crippen LogP contribution in [-0.2, 0) is 14.3 Å². The van der Waals surface area contributed by atoms with Crippen molar-refractivity contribution in [1.29, 1.82) is 0 Å². The average molecular weight is 279 g/mol. The molecule has 1 rings (SSSR count). The van der Waals surface area contributed by atoms with Crippen molar-refractivity contribution in [2.45, 2.75) is 20.8 Å². The Morgan fingerprint density at radius 2 is 1.95 bits per heavy atom. The standard InChI is InChI=1S/C15H18FNO3/c1-15(2,3)14(19)17-13-10(6-5-7-11(13)16)8-9-12(18)20-4/h5-9H,1-4H3,(H,17,19). The SMILES string of the molecule is COC(=O)C=Cc1cccc(F)c1NC(=O)C(C)(C)C. The van der Waals surface area contributed by atoms with Crippen molar-refractivity contribution in [3.8, 4) is 0 Å². The van der Waals surface area contributed by atoms with Gasteiger partial charge in [0.1, 0.15) is 5.82 Å². The van der Waals surface area contributed by atoms with Gasteiger partial charge < -0.3 is 10.1 Å². The molecule has 0 radical (unpaired) electrons. The van der Waals surface area contributed by atoms with Crippen molar-refractivity contribution in [3.63, 3.8) is 0 Å². The molecule has 1 aromatic carbocycles. The second kappa shape index (κ2) is 6.32. The normalized spacial score (nSPS) is 11.4. The first-order valence-electron chi connectivity index (χ1n) is 6.11. The summed E-state index contributed by atoms with van der Waals surface area (Å²) in [6.07, 6.45) is 2.56. The van der Waals surface area contributed by atoms with Crippen LogP contribution in [0.3, 0.4) is 0 Å². The summed E-state index contributed by atoms with van der Waals surface area (Å²) in [5.41, 5.74) is -0.202. The summed E-state index contributed by atoms with van der Waals surface area (Å²) in [6.45, 7) is 5.19. The summed E-state index contributed by atoms with van der Waals surface area (Å²) in [7, 11) is 1.25. The summed E-state index contributed by atoms with van der Waals surface area (Å²) in [4.78, 5) is 23.0. The van der Waals surface area contributed by atoms with Crippen LogP contribution in [0.4, 0.5) is 10.1 Å². The molecule has 0 aliphatic rings. The number of carbonyl (C=O) groups excluding carboxylic acids is 2. The molecule has 20 heavy (non-hydrogen) atoms. The van der Waals surface area contributed by atoms with Crippen LogP contribution in [0.25, 0.3) is 6.08 Å². The predicted molar refractivity (Wildman–Crippen MR) is 75.5 cm³/mol. The van der Waals surface area contributed by atoms with Crippen LogP contribution in [-0.4, -0.2) is 19.0 Å². The molecule has 108 valence electrons. The van der Waals surface area contributed by atoms with E-state index in [2.05, 4.69) is 10.1 Å². The first-order valence-corrected chi connectivity index (χ1v) is 6.11. The number of esters is 1. The molecule has 0 saturated heterocycles. The molecule has 0 saturated carbocycles. The van der Waals surface area contributed by atoms with E-state index >= 15 is 0 Å². The van der Waals surface area contributed by atoms with Crippen LogP contribution in [0.15, 0.2) is 24.3 Å². The van der Waals surface area contributed by atoms with E-state index in [1.54, 1.807) is 26.8 Å². The summed E-state index contributed by atoms with van der Waals surface area (Å²) in [5.74, 6) is -1.42. The minimum Gasteiger partial charge on any atom is -0.466 e. The Kier molecular flexibility index (Phi) is 5.02. The molecule has 0 heterocycles. The van der Waals surface area contributed by atoms with Gasteiger partial charge in [-0.1, -0.05) is 32.9 Å². The van der Waals surface area contributed by atoms with Gasteiger partial charge in [0.2, 0.25) is 5.91 Å². The number of methoxy groups -OCH3 is 1. The molecule has 1 amide bonds. The largest absolute Gasteiger partial charge is 0.466 e. The monoisotopic (exact) mass is 279 g/mol. The number of hydrogen-bond acceptors (Lipinski definition) is 3. The quantitative estimate of drug-likeness (QED) is 0.683. The Balaban J connectivity index is 3.09. The fourth-order valence-corrected chi connectivity index (χ4v) is 1.34. The van der Waals surface area contributed by atoms with Crippen LogP contribution >= 0.6 is 0 Å². The van der Waals surface area contributed by atoms with Gasteiger partial charge in [-0.3, -0.25) is 4.79 Å². The number of anilines is 1. The number of carbonyl (C=O) groups is 2. The maximum Gasteiger partial charge on any atom is 0.330 e. The lowest BCUT2D eigenvalue weighted by Gasteiger charge is -2.19. The van der Waals surface area contributed by atoms with Gasteiger partial charge in [0.15, 0.2) is 0 Å². The van der Waals surface area contributed by atoms with Crippen molar-refractivity contribution >= 4 is 23.6 Å². The Morgan fingerprint density at radius 3 is 2.50 bits per heavy atom. The van der Waals surface area contributed by atoms with Crippen molar-refractivity contribution in [1.82, 2.24) is 0 Å². The lowest BCUT2D eigenvalue weighted by molar-refractivity contribution is -0.134. The molecule has 0 atom stereocenters. The maximum atomic E-state index is 13.8.